The predicted molar refractivity (Wildman–Crippen MR) is 123 cm³/mol. The van der Waals surface area contributed by atoms with Crippen LogP contribution in [0.4, 0.5) is 5.69 Å². The molecule has 9 heteroatoms. The molecule has 0 saturated carbocycles. The number of nitrogens with one attached hydrogen (secondary N) is 1. The Bertz CT molecular complexity index is 1050. The Morgan fingerprint density at radius 3 is 2.61 bits per heavy atom. The Balaban J connectivity index is 1.64. The maximum atomic E-state index is 12.4. The Morgan fingerprint density at radius 1 is 1.19 bits per heavy atom. The topological polar surface area (TPSA) is 78.3 Å². The molecule has 2 aromatic carbocycles. The number of benzene rings is 2. The number of hydrogen-bond donors (Lipinski definition) is 1. The van der Waals surface area contributed by atoms with Crippen molar-refractivity contribution >= 4 is 35.0 Å². The summed E-state index contributed by atoms with van der Waals surface area (Å²) in [6.07, 6.45) is 2.40. The van der Waals surface area contributed by atoms with E-state index in [9.17, 15) is 4.79 Å². The summed E-state index contributed by atoms with van der Waals surface area (Å²) >= 11 is 7.42. The van der Waals surface area contributed by atoms with Crippen LogP contribution in [0.15, 0.2) is 60.3 Å². The van der Waals surface area contributed by atoms with Gasteiger partial charge in [0.2, 0.25) is 5.91 Å². The molecule has 0 aliphatic carbocycles. The van der Waals surface area contributed by atoms with E-state index in [1.54, 1.807) is 38.5 Å². The highest BCUT2D eigenvalue weighted by Gasteiger charge is 2.14. The molecule has 3 rings (SSSR count). The van der Waals surface area contributed by atoms with Gasteiger partial charge in [-0.1, -0.05) is 41.6 Å². The minimum Gasteiger partial charge on any atom is -0.497 e. The zero-order chi connectivity index (χ0) is 22.2. The van der Waals surface area contributed by atoms with E-state index in [0.29, 0.717) is 34.6 Å². The average Bonchev–Trinajstić information content (AvgIpc) is 3.14. The van der Waals surface area contributed by atoms with Crippen molar-refractivity contribution in [1.29, 1.82) is 0 Å². The average molecular weight is 459 g/mol. The van der Waals surface area contributed by atoms with Crippen molar-refractivity contribution < 1.29 is 14.3 Å². The summed E-state index contributed by atoms with van der Waals surface area (Å²) in [5, 5.41) is 12.5. The van der Waals surface area contributed by atoms with Crippen LogP contribution in [0.1, 0.15) is 11.4 Å². The molecular formula is C22H23ClN4O3S. The van der Waals surface area contributed by atoms with E-state index in [0.717, 1.165) is 17.1 Å². The van der Waals surface area contributed by atoms with Crippen molar-refractivity contribution in [1.82, 2.24) is 14.8 Å². The van der Waals surface area contributed by atoms with Gasteiger partial charge in [-0.15, -0.1) is 16.8 Å². The Morgan fingerprint density at radius 2 is 1.97 bits per heavy atom. The molecule has 31 heavy (non-hydrogen) atoms. The first-order valence-electron chi connectivity index (χ1n) is 9.46. The molecule has 3 aromatic rings. The Labute approximate surface area is 190 Å². The quantitative estimate of drug-likeness (QED) is 0.357. The van der Waals surface area contributed by atoms with Crippen LogP contribution >= 0.6 is 23.4 Å². The lowest BCUT2D eigenvalue weighted by molar-refractivity contribution is -0.113. The van der Waals surface area contributed by atoms with Gasteiger partial charge in [0, 0.05) is 18.7 Å². The van der Waals surface area contributed by atoms with Crippen LogP contribution in [0, 0.1) is 0 Å². The van der Waals surface area contributed by atoms with Crippen LogP contribution in [0.25, 0.3) is 0 Å². The third-order valence-electron chi connectivity index (χ3n) is 4.39. The van der Waals surface area contributed by atoms with Gasteiger partial charge in [-0.3, -0.25) is 4.79 Å². The van der Waals surface area contributed by atoms with Gasteiger partial charge in [-0.05, 0) is 35.9 Å². The van der Waals surface area contributed by atoms with Crippen LogP contribution in [0.5, 0.6) is 11.5 Å². The molecule has 0 fully saturated rings. The number of methoxy groups -OCH3 is 2. The molecular weight excluding hydrogens is 436 g/mol. The van der Waals surface area contributed by atoms with Gasteiger partial charge in [-0.2, -0.15) is 0 Å². The largest absolute Gasteiger partial charge is 0.497 e. The third kappa shape index (κ3) is 6.02. The van der Waals surface area contributed by atoms with Crippen LogP contribution in [-0.2, 0) is 17.8 Å². The summed E-state index contributed by atoms with van der Waals surface area (Å²) in [6, 6.07) is 12.9. The van der Waals surface area contributed by atoms with Crippen LogP contribution < -0.4 is 14.8 Å². The molecule has 7 nitrogen and oxygen atoms in total. The highest BCUT2D eigenvalue weighted by atomic mass is 35.5. The number of thioether (sulfide) groups is 1. The van der Waals surface area contributed by atoms with Crippen LogP contribution in [0.3, 0.4) is 0 Å². The first kappa shape index (κ1) is 22.7. The van der Waals surface area contributed by atoms with Gasteiger partial charge >= 0.3 is 0 Å². The molecule has 1 amide bonds. The molecule has 0 radical (unpaired) electrons. The summed E-state index contributed by atoms with van der Waals surface area (Å²) < 4.78 is 12.3. The first-order valence-corrected chi connectivity index (χ1v) is 10.8. The van der Waals surface area contributed by atoms with E-state index >= 15 is 0 Å². The fourth-order valence-electron chi connectivity index (χ4n) is 2.87. The highest BCUT2D eigenvalue weighted by molar-refractivity contribution is 7.99. The predicted octanol–water partition coefficient (Wildman–Crippen LogP) is 4.46. The molecule has 0 atom stereocenters. The second-order valence-electron chi connectivity index (χ2n) is 6.51. The number of rotatable bonds is 10. The molecule has 0 unspecified atom stereocenters. The minimum atomic E-state index is -0.170. The smallest absolute Gasteiger partial charge is 0.234 e. The van der Waals surface area contributed by atoms with Crippen molar-refractivity contribution in [3.05, 3.63) is 71.5 Å². The lowest BCUT2D eigenvalue weighted by atomic mass is 10.1. The minimum absolute atomic E-state index is 0.170. The number of ether oxygens (including phenoxy) is 2. The second kappa shape index (κ2) is 10.9. The lowest BCUT2D eigenvalue weighted by Crippen LogP contribution is -2.15. The fourth-order valence-corrected chi connectivity index (χ4v) is 3.89. The molecule has 1 aromatic heterocycles. The number of carbonyl (C=O) groups excluding carboxylic acids is 1. The molecule has 0 spiro atoms. The van der Waals surface area contributed by atoms with Crippen molar-refractivity contribution in [3.8, 4) is 11.5 Å². The molecule has 0 aliphatic heterocycles. The lowest BCUT2D eigenvalue weighted by Gasteiger charge is -2.09. The third-order valence-corrected chi connectivity index (χ3v) is 5.66. The van der Waals surface area contributed by atoms with Crippen molar-refractivity contribution in [2.75, 3.05) is 25.3 Å². The van der Waals surface area contributed by atoms with Gasteiger partial charge in [-0.25, -0.2) is 0 Å². The maximum absolute atomic E-state index is 12.4. The summed E-state index contributed by atoms with van der Waals surface area (Å²) in [4.78, 5) is 12.4. The van der Waals surface area contributed by atoms with Gasteiger partial charge in [0.05, 0.1) is 25.0 Å². The Kier molecular flexibility index (Phi) is 7.97. The van der Waals surface area contributed by atoms with Crippen molar-refractivity contribution in [2.45, 2.75) is 18.1 Å². The molecule has 0 saturated heterocycles. The number of hydrogen-bond acceptors (Lipinski definition) is 6. The monoisotopic (exact) mass is 458 g/mol. The SMILES string of the molecule is C=CCn1c(Cc2ccc(OC)cc2)nnc1SCC(=O)Nc1ccc(OC)c(Cl)c1. The number of amides is 1. The zero-order valence-corrected chi connectivity index (χ0v) is 18.9. The van der Waals surface area contributed by atoms with E-state index in [1.807, 2.05) is 28.8 Å². The maximum Gasteiger partial charge on any atom is 0.234 e. The molecule has 1 heterocycles. The van der Waals surface area contributed by atoms with Crippen LogP contribution in [-0.4, -0.2) is 40.6 Å². The van der Waals surface area contributed by atoms with Crippen molar-refractivity contribution in [3.63, 3.8) is 0 Å². The van der Waals surface area contributed by atoms with Crippen molar-refractivity contribution in [2.24, 2.45) is 0 Å². The summed E-state index contributed by atoms with van der Waals surface area (Å²) in [6.45, 7) is 4.37. The van der Waals surface area contributed by atoms with Crippen LogP contribution in [0.2, 0.25) is 5.02 Å². The number of allylic oxidation sites excluding steroid dienone is 1. The Hall–Kier alpha value is -2.97. The summed E-state index contributed by atoms with van der Waals surface area (Å²) in [5.41, 5.74) is 1.69. The standard InChI is InChI=1S/C22H23ClN4O3S/c1-4-11-27-20(12-15-5-8-17(29-2)9-6-15)25-26-22(27)31-14-21(28)24-16-7-10-19(30-3)18(23)13-16/h4-10,13H,1,11-12,14H2,2-3H3,(H,24,28). The number of aromatic nitrogens is 3. The van der Waals surface area contributed by atoms with Gasteiger partial charge in [0.1, 0.15) is 17.3 Å². The zero-order valence-electron chi connectivity index (χ0n) is 17.3. The first-order chi connectivity index (χ1) is 15.0. The van der Waals surface area contributed by atoms with Gasteiger partial charge < -0.3 is 19.4 Å². The van der Waals surface area contributed by atoms with E-state index in [-0.39, 0.29) is 11.7 Å². The van der Waals surface area contributed by atoms with E-state index in [1.165, 1.54) is 11.8 Å². The number of nitrogens with zero attached hydrogens (tertiary/aromatic N) is 3. The molecule has 0 aliphatic rings. The summed E-state index contributed by atoms with van der Waals surface area (Å²) in [7, 11) is 3.18. The number of halogens is 1. The fraction of sp³-hybridized carbons (Fsp3) is 0.227. The molecule has 1 N–H and O–H groups in total. The van der Waals surface area contributed by atoms with E-state index in [2.05, 4.69) is 22.1 Å². The van der Waals surface area contributed by atoms with Gasteiger partial charge in [0.15, 0.2) is 5.16 Å². The van der Waals surface area contributed by atoms with E-state index in [4.69, 9.17) is 21.1 Å². The molecule has 0 bridgehead atoms. The number of anilines is 1. The van der Waals surface area contributed by atoms with Gasteiger partial charge in [0.25, 0.3) is 0 Å². The van der Waals surface area contributed by atoms with E-state index < -0.39 is 0 Å². The number of carbonyl (C=O) groups is 1. The molecule has 162 valence electrons. The summed E-state index contributed by atoms with van der Waals surface area (Å²) in [5.74, 6) is 2.17. The highest BCUT2D eigenvalue weighted by Crippen LogP contribution is 2.27. The normalized spacial score (nSPS) is 10.5. The second-order valence-corrected chi connectivity index (χ2v) is 7.86.